The van der Waals surface area contributed by atoms with Crippen molar-refractivity contribution in [2.45, 2.75) is 43.8 Å². The molecule has 3 atom stereocenters. The van der Waals surface area contributed by atoms with Crippen LogP contribution in [0.15, 0.2) is 4.52 Å². The summed E-state index contributed by atoms with van der Waals surface area (Å²) in [6.45, 7) is 1.69. The second-order valence-corrected chi connectivity index (χ2v) is 5.61. The van der Waals surface area contributed by atoms with Gasteiger partial charge in [-0.1, -0.05) is 18.0 Å². The predicted molar refractivity (Wildman–Crippen MR) is 66.6 cm³/mol. The third-order valence-electron chi connectivity index (χ3n) is 4.19. The van der Waals surface area contributed by atoms with Gasteiger partial charge >= 0.3 is 6.18 Å². The van der Waals surface area contributed by atoms with Crippen LogP contribution < -0.4 is 5.32 Å². The maximum Gasteiger partial charge on any atom is 0.392 e. The molecule has 1 aliphatic carbocycles. The Morgan fingerprint density at radius 3 is 2.71 bits per heavy atom. The summed E-state index contributed by atoms with van der Waals surface area (Å²) in [5, 5.41) is 7.00. The van der Waals surface area contributed by atoms with E-state index in [0.29, 0.717) is 38.4 Å². The minimum absolute atomic E-state index is 0.111. The number of aromatic nitrogens is 2. The normalized spacial score (nSPS) is 31.3. The lowest BCUT2D eigenvalue weighted by Gasteiger charge is -2.30. The van der Waals surface area contributed by atoms with Crippen LogP contribution in [-0.4, -0.2) is 36.1 Å². The SMILES string of the molecule is FC(F)(F)C1CCCCC1c1nc(C2COCCN2)no1. The van der Waals surface area contributed by atoms with Crippen LogP contribution in [0.25, 0.3) is 0 Å². The van der Waals surface area contributed by atoms with E-state index in [1.807, 2.05) is 0 Å². The molecule has 5 nitrogen and oxygen atoms in total. The molecule has 1 aromatic rings. The Bertz CT molecular complexity index is 471. The highest BCUT2D eigenvalue weighted by molar-refractivity contribution is 5.03. The second kappa shape index (κ2) is 5.92. The molecule has 8 heteroatoms. The smallest absolute Gasteiger partial charge is 0.378 e. The van der Waals surface area contributed by atoms with Crippen molar-refractivity contribution in [1.82, 2.24) is 15.5 Å². The number of hydrogen-bond donors (Lipinski definition) is 1. The van der Waals surface area contributed by atoms with E-state index in [2.05, 4.69) is 15.5 Å². The van der Waals surface area contributed by atoms with Gasteiger partial charge in [0.1, 0.15) is 0 Å². The maximum absolute atomic E-state index is 13.1. The summed E-state index contributed by atoms with van der Waals surface area (Å²) in [4.78, 5) is 4.20. The van der Waals surface area contributed by atoms with Crippen LogP contribution in [-0.2, 0) is 4.74 Å². The molecule has 2 heterocycles. The van der Waals surface area contributed by atoms with Crippen molar-refractivity contribution < 1.29 is 22.4 Å². The van der Waals surface area contributed by atoms with E-state index in [9.17, 15) is 13.2 Å². The van der Waals surface area contributed by atoms with E-state index in [0.717, 1.165) is 6.42 Å². The zero-order valence-corrected chi connectivity index (χ0v) is 11.5. The molecule has 3 rings (SSSR count). The lowest BCUT2D eigenvalue weighted by atomic mass is 9.78. The lowest BCUT2D eigenvalue weighted by Crippen LogP contribution is -2.35. The summed E-state index contributed by atoms with van der Waals surface area (Å²) in [5.41, 5.74) is 0. The number of nitrogens with zero attached hydrogens (tertiary/aromatic N) is 2. The molecule has 118 valence electrons. The van der Waals surface area contributed by atoms with Crippen LogP contribution in [0.3, 0.4) is 0 Å². The monoisotopic (exact) mass is 305 g/mol. The summed E-state index contributed by atoms with van der Waals surface area (Å²) in [6.07, 6.45) is -2.28. The predicted octanol–water partition coefficient (Wildman–Crippen LogP) is 2.57. The Balaban J connectivity index is 1.77. The Morgan fingerprint density at radius 1 is 1.19 bits per heavy atom. The molecule has 1 aliphatic heterocycles. The first-order valence-corrected chi connectivity index (χ1v) is 7.27. The van der Waals surface area contributed by atoms with Crippen LogP contribution in [0.5, 0.6) is 0 Å². The van der Waals surface area contributed by atoms with Gasteiger partial charge in [-0.3, -0.25) is 0 Å². The van der Waals surface area contributed by atoms with E-state index < -0.39 is 18.0 Å². The number of rotatable bonds is 2. The average Bonchev–Trinajstić information content (AvgIpc) is 2.97. The molecule has 0 spiro atoms. The summed E-state index contributed by atoms with van der Waals surface area (Å²) in [7, 11) is 0. The molecule has 2 fully saturated rings. The number of alkyl halides is 3. The molecule has 3 unspecified atom stereocenters. The van der Waals surface area contributed by atoms with Gasteiger partial charge in [0.15, 0.2) is 5.82 Å². The topological polar surface area (TPSA) is 60.2 Å². The highest BCUT2D eigenvalue weighted by Crippen LogP contribution is 2.46. The lowest BCUT2D eigenvalue weighted by molar-refractivity contribution is -0.189. The number of morpholine rings is 1. The molecule has 21 heavy (non-hydrogen) atoms. The first kappa shape index (κ1) is 14.8. The van der Waals surface area contributed by atoms with Crippen molar-refractivity contribution in [3.63, 3.8) is 0 Å². The average molecular weight is 305 g/mol. The molecular weight excluding hydrogens is 287 g/mol. The van der Waals surface area contributed by atoms with Crippen molar-refractivity contribution in [1.29, 1.82) is 0 Å². The zero-order valence-electron chi connectivity index (χ0n) is 11.5. The number of hydrogen-bond acceptors (Lipinski definition) is 5. The minimum Gasteiger partial charge on any atom is -0.378 e. The Hall–Kier alpha value is -1.15. The van der Waals surface area contributed by atoms with Gasteiger partial charge in [-0.25, -0.2) is 0 Å². The number of nitrogens with one attached hydrogen (secondary N) is 1. The number of ether oxygens (including phenoxy) is 1. The van der Waals surface area contributed by atoms with E-state index in [4.69, 9.17) is 9.26 Å². The first-order chi connectivity index (χ1) is 10.1. The fourth-order valence-electron chi connectivity index (χ4n) is 3.09. The van der Waals surface area contributed by atoms with Crippen LogP contribution in [0.2, 0.25) is 0 Å². The largest absolute Gasteiger partial charge is 0.392 e. The van der Waals surface area contributed by atoms with Crippen molar-refractivity contribution in [3.05, 3.63) is 11.7 Å². The van der Waals surface area contributed by atoms with E-state index in [1.54, 1.807) is 0 Å². The van der Waals surface area contributed by atoms with Crippen molar-refractivity contribution in [2.75, 3.05) is 19.8 Å². The standard InChI is InChI=1S/C13H18F3N3O2/c14-13(15,16)9-4-2-1-3-8(9)12-18-11(19-21-12)10-7-20-6-5-17-10/h8-10,17H,1-7H2. The van der Waals surface area contributed by atoms with Crippen LogP contribution in [0, 0.1) is 5.92 Å². The minimum atomic E-state index is -4.22. The van der Waals surface area contributed by atoms with Gasteiger partial charge in [0, 0.05) is 12.5 Å². The van der Waals surface area contributed by atoms with Crippen molar-refractivity contribution in [3.8, 4) is 0 Å². The Labute approximate surface area is 120 Å². The Kier molecular flexibility index (Phi) is 4.17. The summed E-state index contributed by atoms with van der Waals surface area (Å²) < 4.78 is 49.8. The van der Waals surface area contributed by atoms with Crippen molar-refractivity contribution in [2.24, 2.45) is 5.92 Å². The molecule has 1 saturated carbocycles. The maximum atomic E-state index is 13.1. The van der Waals surface area contributed by atoms with Gasteiger partial charge in [0.2, 0.25) is 5.89 Å². The molecule has 1 saturated heterocycles. The van der Waals surface area contributed by atoms with Crippen molar-refractivity contribution >= 4 is 0 Å². The summed E-state index contributed by atoms with van der Waals surface area (Å²) in [6, 6.07) is -0.204. The summed E-state index contributed by atoms with van der Waals surface area (Å²) in [5.74, 6) is -1.60. The molecule has 0 radical (unpaired) electrons. The highest BCUT2D eigenvalue weighted by Gasteiger charge is 2.48. The van der Waals surface area contributed by atoms with Gasteiger partial charge < -0.3 is 14.6 Å². The zero-order chi connectivity index (χ0) is 14.9. The molecule has 0 bridgehead atoms. The van der Waals surface area contributed by atoms with Crippen LogP contribution in [0.1, 0.15) is 49.4 Å². The Morgan fingerprint density at radius 2 is 2.00 bits per heavy atom. The summed E-state index contributed by atoms with van der Waals surface area (Å²) >= 11 is 0. The number of halogens is 3. The fourth-order valence-corrected chi connectivity index (χ4v) is 3.09. The second-order valence-electron chi connectivity index (χ2n) is 5.61. The van der Waals surface area contributed by atoms with E-state index >= 15 is 0 Å². The van der Waals surface area contributed by atoms with Gasteiger partial charge in [0.25, 0.3) is 0 Å². The van der Waals surface area contributed by atoms with Crippen LogP contribution >= 0.6 is 0 Å². The van der Waals surface area contributed by atoms with E-state index in [1.165, 1.54) is 0 Å². The highest BCUT2D eigenvalue weighted by atomic mass is 19.4. The molecule has 2 aliphatic rings. The molecule has 0 amide bonds. The third kappa shape index (κ3) is 3.21. The molecule has 1 N–H and O–H groups in total. The first-order valence-electron chi connectivity index (χ1n) is 7.27. The molecule has 1 aromatic heterocycles. The molecule has 0 aromatic carbocycles. The fraction of sp³-hybridized carbons (Fsp3) is 0.846. The van der Waals surface area contributed by atoms with Gasteiger partial charge in [0.05, 0.1) is 25.2 Å². The van der Waals surface area contributed by atoms with Gasteiger partial charge in [-0.05, 0) is 12.8 Å². The van der Waals surface area contributed by atoms with Gasteiger partial charge in [-0.2, -0.15) is 18.2 Å². The molecular formula is C13H18F3N3O2. The van der Waals surface area contributed by atoms with E-state index in [-0.39, 0.29) is 18.4 Å². The van der Waals surface area contributed by atoms with Gasteiger partial charge in [-0.15, -0.1) is 0 Å². The van der Waals surface area contributed by atoms with Crippen LogP contribution in [0.4, 0.5) is 13.2 Å². The third-order valence-corrected chi connectivity index (χ3v) is 4.19. The quantitative estimate of drug-likeness (QED) is 0.910.